The number of carbonyl (C=O) groups excluding carboxylic acids is 2. The van der Waals surface area contributed by atoms with Gasteiger partial charge in [0.1, 0.15) is 23.1 Å². The number of carbonyl (C=O) groups is 2. The van der Waals surface area contributed by atoms with Gasteiger partial charge in [0.2, 0.25) is 0 Å². The van der Waals surface area contributed by atoms with Crippen LogP contribution in [0.15, 0.2) is 72.8 Å². The highest BCUT2D eigenvalue weighted by atomic mass is 19.1. The molecule has 0 fully saturated rings. The molecule has 30 heavy (non-hydrogen) atoms. The van der Waals surface area contributed by atoms with Crippen molar-refractivity contribution in [3.8, 4) is 17.2 Å². The monoisotopic (exact) mass is 406 g/mol. The summed E-state index contributed by atoms with van der Waals surface area (Å²) in [6.07, 6.45) is 3.05. The Morgan fingerprint density at radius 1 is 0.833 bits per heavy atom. The molecule has 0 bridgehead atoms. The minimum atomic E-state index is -0.779. The molecule has 0 N–H and O–H groups in total. The second-order valence-corrected chi connectivity index (χ2v) is 6.20. The number of halogens is 1. The highest BCUT2D eigenvalue weighted by Crippen LogP contribution is 2.25. The van der Waals surface area contributed by atoms with Gasteiger partial charge in [-0.3, -0.25) is 4.79 Å². The molecule has 0 amide bonds. The van der Waals surface area contributed by atoms with Crippen molar-refractivity contribution < 1.29 is 28.2 Å². The average molecular weight is 406 g/mol. The normalized spacial score (nSPS) is 10.6. The number of methoxy groups -OCH3 is 2. The predicted molar refractivity (Wildman–Crippen MR) is 111 cm³/mol. The summed E-state index contributed by atoms with van der Waals surface area (Å²) >= 11 is 0. The zero-order chi connectivity index (χ0) is 21.5. The summed E-state index contributed by atoms with van der Waals surface area (Å²) in [4.78, 5) is 24.5. The van der Waals surface area contributed by atoms with Crippen LogP contribution in [-0.2, 0) is 0 Å². The number of rotatable bonds is 7. The minimum Gasteiger partial charge on any atom is -0.497 e. The zero-order valence-corrected chi connectivity index (χ0v) is 16.4. The van der Waals surface area contributed by atoms with E-state index >= 15 is 0 Å². The molecular weight excluding hydrogens is 387 g/mol. The van der Waals surface area contributed by atoms with Crippen LogP contribution in [0.1, 0.15) is 26.3 Å². The molecule has 0 spiro atoms. The number of ether oxygens (including phenoxy) is 3. The first-order valence-corrected chi connectivity index (χ1v) is 9.03. The number of benzene rings is 3. The largest absolute Gasteiger partial charge is 0.497 e. The number of ketones is 1. The van der Waals surface area contributed by atoms with Gasteiger partial charge in [-0.25, -0.2) is 9.18 Å². The average Bonchev–Trinajstić information content (AvgIpc) is 2.78. The van der Waals surface area contributed by atoms with Gasteiger partial charge in [0, 0.05) is 6.07 Å². The third-order valence-electron chi connectivity index (χ3n) is 4.29. The van der Waals surface area contributed by atoms with Crippen LogP contribution in [0.2, 0.25) is 0 Å². The molecular formula is C24H19FO5. The second-order valence-electron chi connectivity index (χ2n) is 6.20. The number of allylic oxidation sites excluding steroid dienone is 1. The summed E-state index contributed by atoms with van der Waals surface area (Å²) < 4.78 is 29.2. The van der Waals surface area contributed by atoms with Gasteiger partial charge in [-0.2, -0.15) is 0 Å². The van der Waals surface area contributed by atoms with E-state index in [9.17, 15) is 14.0 Å². The molecule has 0 unspecified atom stereocenters. The van der Waals surface area contributed by atoms with Crippen molar-refractivity contribution in [2.45, 2.75) is 0 Å². The van der Waals surface area contributed by atoms with E-state index in [-0.39, 0.29) is 17.1 Å². The lowest BCUT2D eigenvalue weighted by Gasteiger charge is -2.08. The lowest BCUT2D eigenvalue weighted by Crippen LogP contribution is -2.10. The van der Waals surface area contributed by atoms with Crippen molar-refractivity contribution >= 4 is 17.8 Å². The molecule has 0 heterocycles. The van der Waals surface area contributed by atoms with Crippen LogP contribution >= 0.6 is 0 Å². The number of hydrogen-bond donors (Lipinski definition) is 0. The molecule has 3 rings (SSSR count). The minimum absolute atomic E-state index is 0.138. The summed E-state index contributed by atoms with van der Waals surface area (Å²) in [6, 6.07) is 17.1. The summed E-state index contributed by atoms with van der Waals surface area (Å²) in [5, 5.41) is 0. The van der Waals surface area contributed by atoms with E-state index in [4.69, 9.17) is 14.2 Å². The fraction of sp³-hybridized carbons (Fsp3) is 0.0833. The molecule has 0 aromatic heterocycles. The SMILES string of the molecule is COc1ccc(C(=O)/C=C/c2ccc(OC(=O)c3ccccc3F)cc2)c(OC)c1. The van der Waals surface area contributed by atoms with E-state index in [0.717, 1.165) is 5.56 Å². The Kier molecular flexibility index (Phi) is 6.60. The van der Waals surface area contributed by atoms with Gasteiger partial charge < -0.3 is 14.2 Å². The van der Waals surface area contributed by atoms with Crippen LogP contribution in [0, 0.1) is 5.82 Å². The van der Waals surface area contributed by atoms with Gasteiger partial charge in [0.25, 0.3) is 0 Å². The Morgan fingerprint density at radius 2 is 1.53 bits per heavy atom. The van der Waals surface area contributed by atoms with Crippen molar-refractivity contribution in [2.75, 3.05) is 14.2 Å². The maximum absolute atomic E-state index is 13.7. The fourth-order valence-electron chi connectivity index (χ4n) is 2.70. The number of esters is 1. The lowest BCUT2D eigenvalue weighted by molar-refractivity contribution is 0.0729. The molecule has 0 aliphatic rings. The van der Waals surface area contributed by atoms with Crippen LogP contribution in [0.5, 0.6) is 17.2 Å². The molecule has 5 nitrogen and oxygen atoms in total. The summed E-state index contributed by atoms with van der Waals surface area (Å²) in [7, 11) is 3.02. The summed E-state index contributed by atoms with van der Waals surface area (Å²) in [6.45, 7) is 0. The van der Waals surface area contributed by atoms with Crippen LogP contribution in [0.4, 0.5) is 4.39 Å². The molecule has 152 valence electrons. The van der Waals surface area contributed by atoms with Gasteiger partial charge in [-0.05, 0) is 48.0 Å². The van der Waals surface area contributed by atoms with Crippen LogP contribution < -0.4 is 14.2 Å². The van der Waals surface area contributed by atoms with E-state index in [1.807, 2.05) is 0 Å². The first-order valence-electron chi connectivity index (χ1n) is 9.03. The van der Waals surface area contributed by atoms with Crippen molar-refractivity contribution in [1.82, 2.24) is 0 Å². The summed E-state index contributed by atoms with van der Waals surface area (Å²) in [5.41, 5.74) is 0.993. The van der Waals surface area contributed by atoms with Crippen LogP contribution in [0.3, 0.4) is 0 Å². The first-order chi connectivity index (χ1) is 14.5. The maximum Gasteiger partial charge on any atom is 0.346 e. The maximum atomic E-state index is 13.7. The Labute approximate surface area is 173 Å². The molecule has 0 atom stereocenters. The van der Waals surface area contributed by atoms with Gasteiger partial charge in [0.05, 0.1) is 25.3 Å². The van der Waals surface area contributed by atoms with Crippen LogP contribution in [-0.4, -0.2) is 26.0 Å². The molecule has 6 heteroatoms. The summed E-state index contributed by atoms with van der Waals surface area (Å²) in [5.74, 6) is -0.381. The van der Waals surface area contributed by atoms with E-state index in [1.54, 1.807) is 54.6 Å². The van der Waals surface area contributed by atoms with Crippen LogP contribution in [0.25, 0.3) is 6.08 Å². The Morgan fingerprint density at radius 3 is 2.20 bits per heavy atom. The molecule has 3 aromatic rings. The molecule has 0 aliphatic carbocycles. The van der Waals surface area contributed by atoms with E-state index in [0.29, 0.717) is 17.1 Å². The van der Waals surface area contributed by atoms with Crippen molar-refractivity contribution in [3.63, 3.8) is 0 Å². The highest BCUT2D eigenvalue weighted by Gasteiger charge is 2.13. The Balaban J connectivity index is 1.68. The van der Waals surface area contributed by atoms with E-state index in [1.165, 1.54) is 38.5 Å². The van der Waals surface area contributed by atoms with Gasteiger partial charge in [-0.1, -0.05) is 30.3 Å². The molecule has 0 radical (unpaired) electrons. The topological polar surface area (TPSA) is 61.8 Å². The Hall–Kier alpha value is -3.93. The van der Waals surface area contributed by atoms with Gasteiger partial charge >= 0.3 is 5.97 Å². The molecule has 0 saturated carbocycles. The molecule has 0 saturated heterocycles. The number of hydrogen-bond acceptors (Lipinski definition) is 5. The molecule has 3 aromatic carbocycles. The predicted octanol–water partition coefficient (Wildman–Crippen LogP) is 4.96. The van der Waals surface area contributed by atoms with Crippen molar-refractivity contribution in [3.05, 3.63) is 95.3 Å². The standard InChI is InChI=1S/C24H19FO5/c1-28-18-12-13-20(23(15-18)29-2)22(26)14-9-16-7-10-17(11-8-16)30-24(27)19-5-3-4-6-21(19)25/h3-15H,1-2H3/b14-9+. The quantitative estimate of drug-likeness (QED) is 0.240. The third-order valence-corrected chi connectivity index (χ3v) is 4.29. The van der Waals surface area contributed by atoms with Gasteiger partial charge in [0.15, 0.2) is 5.78 Å². The zero-order valence-electron chi connectivity index (χ0n) is 16.4. The molecule has 0 aliphatic heterocycles. The van der Waals surface area contributed by atoms with E-state index in [2.05, 4.69) is 0 Å². The third kappa shape index (κ3) is 4.91. The lowest BCUT2D eigenvalue weighted by atomic mass is 10.1. The Bertz CT molecular complexity index is 1090. The fourth-order valence-corrected chi connectivity index (χ4v) is 2.70. The van der Waals surface area contributed by atoms with Crippen molar-refractivity contribution in [1.29, 1.82) is 0 Å². The highest BCUT2D eigenvalue weighted by molar-refractivity contribution is 6.08. The van der Waals surface area contributed by atoms with Gasteiger partial charge in [-0.15, -0.1) is 0 Å². The smallest absolute Gasteiger partial charge is 0.346 e. The van der Waals surface area contributed by atoms with Crippen molar-refractivity contribution in [2.24, 2.45) is 0 Å². The first kappa shape index (κ1) is 20.8. The second kappa shape index (κ2) is 9.52. The van der Waals surface area contributed by atoms with E-state index < -0.39 is 11.8 Å².